The monoisotopic (exact) mass is 257 g/mol. The van der Waals surface area contributed by atoms with Crippen molar-refractivity contribution in [2.24, 2.45) is 5.92 Å². The molecule has 108 valence electrons. The molecule has 0 aromatic rings. The number of hydrogen-bond acceptors (Lipinski definition) is 3. The lowest BCUT2D eigenvalue weighted by Gasteiger charge is -2.08. The third-order valence-corrected chi connectivity index (χ3v) is 3.52. The maximum Gasteiger partial charge on any atom is 0.154 e. The first-order chi connectivity index (χ1) is 8.77. The summed E-state index contributed by atoms with van der Waals surface area (Å²) in [5.74, 6) is 0.897. The third kappa shape index (κ3) is 7.34. The van der Waals surface area contributed by atoms with Crippen LogP contribution in [0.15, 0.2) is 0 Å². The Hall–Kier alpha value is -0.120. The van der Waals surface area contributed by atoms with Crippen molar-refractivity contribution in [3.8, 4) is 0 Å². The molecule has 1 saturated heterocycles. The van der Waals surface area contributed by atoms with E-state index in [-0.39, 0.29) is 0 Å². The molecule has 0 saturated carbocycles. The van der Waals surface area contributed by atoms with E-state index in [0.717, 1.165) is 32.1 Å². The third-order valence-electron chi connectivity index (χ3n) is 3.52. The van der Waals surface area contributed by atoms with E-state index in [1.165, 1.54) is 38.5 Å². The normalized spacial score (nSPS) is 24.2. The number of hydrogen-bond donors (Lipinski definition) is 0. The Morgan fingerprint density at radius 3 is 2.67 bits per heavy atom. The van der Waals surface area contributed by atoms with E-state index in [1.54, 1.807) is 0 Å². The first kappa shape index (κ1) is 15.9. The number of nitrogens with zero attached hydrogens (tertiary/aromatic N) is 1. The van der Waals surface area contributed by atoms with Gasteiger partial charge in [-0.05, 0) is 25.2 Å². The summed E-state index contributed by atoms with van der Waals surface area (Å²) in [6.07, 6.45) is 9.38. The summed E-state index contributed by atoms with van der Waals surface area (Å²) in [7, 11) is 0. The highest BCUT2D eigenvalue weighted by Crippen LogP contribution is 2.25. The molecular weight excluding hydrogens is 226 g/mol. The van der Waals surface area contributed by atoms with Crippen molar-refractivity contribution in [2.45, 2.75) is 71.9 Å². The van der Waals surface area contributed by atoms with Crippen LogP contribution in [0.1, 0.15) is 65.7 Å². The van der Waals surface area contributed by atoms with Gasteiger partial charge in [-0.15, -0.1) is 0 Å². The average Bonchev–Trinajstić information content (AvgIpc) is 3.09. The maximum atomic E-state index is 5.51. The number of unbranched alkanes of at least 4 members (excludes halogenated alkanes) is 1. The standard InChI is InChI=1S/C15H31NO2/c1-4-8-14(3)9-6-7-10-15-16(18-15)11-13-17-12-5-2/h14-15H,4-13H2,1-3H3. The summed E-state index contributed by atoms with van der Waals surface area (Å²) in [5, 5.41) is 2.06. The van der Waals surface area contributed by atoms with Crippen LogP contribution in [0.2, 0.25) is 0 Å². The molecule has 1 heterocycles. The van der Waals surface area contributed by atoms with Crippen molar-refractivity contribution < 1.29 is 9.57 Å². The van der Waals surface area contributed by atoms with Crippen molar-refractivity contribution in [2.75, 3.05) is 19.8 Å². The molecule has 3 nitrogen and oxygen atoms in total. The van der Waals surface area contributed by atoms with E-state index in [9.17, 15) is 0 Å². The van der Waals surface area contributed by atoms with Gasteiger partial charge in [-0.25, -0.2) is 0 Å². The van der Waals surface area contributed by atoms with Crippen LogP contribution in [0.5, 0.6) is 0 Å². The molecular formula is C15H31NO2. The molecule has 0 radical (unpaired) electrons. The van der Waals surface area contributed by atoms with Gasteiger partial charge < -0.3 is 4.74 Å². The van der Waals surface area contributed by atoms with Gasteiger partial charge in [0.1, 0.15) is 0 Å². The molecule has 0 amide bonds. The highest BCUT2D eigenvalue weighted by molar-refractivity contribution is 4.66. The zero-order valence-corrected chi connectivity index (χ0v) is 12.5. The van der Waals surface area contributed by atoms with E-state index < -0.39 is 0 Å². The van der Waals surface area contributed by atoms with Crippen molar-refractivity contribution in [3.05, 3.63) is 0 Å². The van der Waals surface area contributed by atoms with Gasteiger partial charge in [0.05, 0.1) is 13.2 Å². The second-order valence-electron chi connectivity index (χ2n) is 5.49. The summed E-state index contributed by atoms with van der Waals surface area (Å²) in [4.78, 5) is 5.51. The van der Waals surface area contributed by atoms with Gasteiger partial charge in [-0.2, -0.15) is 5.06 Å². The lowest BCUT2D eigenvalue weighted by atomic mass is 9.99. The Morgan fingerprint density at radius 1 is 1.11 bits per heavy atom. The van der Waals surface area contributed by atoms with E-state index >= 15 is 0 Å². The van der Waals surface area contributed by atoms with Crippen molar-refractivity contribution >= 4 is 0 Å². The van der Waals surface area contributed by atoms with Crippen LogP contribution in [0.3, 0.4) is 0 Å². The van der Waals surface area contributed by atoms with Crippen LogP contribution >= 0.6 is 0 Å². The fraction of sp³-hybridized carbons (Fsp3) is 1.00. The van der Waals surface area contributed by atoms with Crippen LogP contribution in [-0.4, -0.2) is 31.0 Å². The summed E-state index contributed by atoms with van der Waals surface area (Å²) in [6, 6.07) is 0. The fourth-order valence-electron chi connectivity index (χ4n) is 2.37. The van der Waals surface area contributed by atoms with E-state index in [1.807, 2.05) is 0 Å². The van der Waals surface area contributed by atoms with Crippen molar-refractivity contribution in [3.63, 3.8) is 0 Å². The largest absolute Gasteiger partial charge is 0.380 e. The van der Waals surface area contributed by atoms with Crippen LogP contribution < -0.4 is 0 Å². The molecule has 1 aliphatic rings. The minimum Gasteiger partial charge on any atom is -0.380 e. The zero-order chi connectivity index (χ0) is 13.2. The molecule has 3 unspecified atom stereocenters. The fourth-order valence-corrected chi connectivity index (χ4v) is 2.37. The number of hydroxylamine groups is 2. The van der Waals surface area contributed by atoms with Gasteiger partial charge >= 0.3 is 0 Å². The second kappa shape index (κ2) is 9.76. The minimum atomic E-state index is 0.386. The lowest BCUT2D eigenvalue weighted by molar-refractivity contribution is 0.0940. The van der Waals surface area contributed by atoms with E-state index in [2.05, 4.69) is 25.8 Å². The Labute approximate surface area is 113 Å². The highest BCUT2D eigenvalue weighted by Gasteiger charge is 2.34. The minimum absolute atomic E-state index is 0.386. The first-order valence-corrected chi connectivity index (χ1v) is 7.79. The maximum absolute atomic E-state index is 5.51. The van der Waals surface area contributed by atoms with Gasteiger partial charge in [-0.1, -0.05) is 46.5 Å². The van der Waals surface area contributed by atoms with Crippen LogP contribution in [0.4, 0.5) is 0 Å². The smallest absolute Gasteiger partial charge is 0.154 e. The molecule has 0 aromatic carbocycles. The molecule has 0 aliphatic carbocycles. The summed E-state index contributed by atoms with van der Waals surface area (Å²) in [5.41, 5.74) is 0. The van der Waals surface area contributed by atoms with E-state index in [0.29, 0.717) is 6.23 Å². The molecule has 1 fully saturated rings. The van der Waals surface area contributed by atoms with Crippen LogP contribution in [0, 0.1) is 5.92 Å². The molecule has 1 rings (SSSR count). The van der Waals surface area contributed by atoms with Gasteiger partial charge in [0.25, 0.3) is 0 Å². The zero-order valence-electron chi connectivity index (χ0n) is 12.5. The SMILES string of the molecule is CCCOCCN1OC1CCCCC(C)CCC. The number of rotatable bonds is 12. The summed E-state index contributed by atoms with van der Waals surface area (Å²) >= 11 is 0. The Kier molecular flexibility index (Phi) is 8.64. The quantitative estimate of drug-likeness (QED) is 0.390. The van der Waals surface area contributed by atoms with Crippen LogP contribution in [0.25, 0.3) is 0 Å². The lowest BCUT2D eigenvalue weighted by Crippen LogP contribution is -2.11. The molecule has 3 heteroatoms. The van der Waals surface area contributed by atoms with Gasteiger partial charge in [0.2, 0.25) is 0 Å². The molecule has 3 atom stereocenters. The molecule has 0 bridgehead atoms. The number of ether oxygens (including phenoxy) is 1. The van der Waals surface area contributed by atoms with Gasteiger partial charge in [-0.3, -0.25) is 4.84 Å². The predicted octanol–water partition coefficient (Wildman–Crippen LogP) is 3.98. The van der Waals surface area contributed by atoms with Crippen LogP contribution in [-0.2, 0) is 9.57 Å². The van der Waals surface area contributed by atoms with Crippen molar-refractivity contribution in [1.29, 1.82) is 0 Å². The topological polar surface area (TPSA) is 24.8 Å². The summed E-state index contributed by atoms with van der Waals surface area (Å²) in [6.45, 7) is 9.38. The molecule has 0 aromatic heterocycles. The Bertz CT molecular complexity index is 199. The highest BCUT2D eigenvalue weighted by atomic mass is 16.8. The Balaban J connectivity index is 1.84. The summed E-state index contributed by atoms with van der Waals surface area (Å²) < 4.78 is 5.44. The second-order valence-corrected chi connectivity index (χ2v) is 5.49. The molecule has 0 N–H and O–H groups in total. The van der Waals surface area contributed by atoms with Gasteiger partial charge in [0.15, 0.2) is 6.23 Å². The molecule has 18 heavy (non-hydrogen) atoms. The molecule has 0 spiro atoms. The molecule has 1 aliphatic heterocycles. The predicted molar refractivity (Wildman–Crippen MR) is 75.2 cm³/mol. The first-order valence-electron chi connectivity index (χ1n) is 7.79. The van der Waals surface area contributed by atoms with E-state index in [4.69, 9.17) is 9.57 Å². The van der Waals surface area contributed by atoms with Gasteiger partial charge in [0, 0.05) is 6.61 Å². The average molecular weight is 257 g/mol. The Morgan fingerprint density at radius 2 is 1.94 bits per heavy atom. The van der Waals surface area contributed by atoms with Crippen molar-refractivity contribution in [1.82, 2.24) is 5.06 Å².